The first-order valence-corrected chi connectivity index (χ1v) is 12.0. The molecule has 174 valence electrons. The van der Waals surface area contributed by atoms with Gasteiger partial charge in [-0.2, -0.15) is 0 Å². The SMILES string of the molecule is O=C(CCSc1nnc(COc2ccc(Cl)cc2)n1-c1ccccc1)NCc1ccc(F)cc1. The Morgan fingerprint density at radius 2 is 1.74 bits per heavy atom. The van der Waals surface area contributed by atoms with Crippen molar-refractivity contribution in [1.29, 1.82) is 0 Å². The van der Waals surface area contributed by atoms with Crippen molar-refractivity contribution in [3.8, 4) is 11.4 Å². The summed E-state index contributed by atoms with van der Waals surface area (Å²) < 4.78 is 20.8. The number of carbonyl (C=O) groups excluding carboxylic acids is 1. The van der Waals surface area contributed by atoms with Crippen LogP contribution in [-0.2, 0) is 17.9 Å². The first-order chi connectivity index (χ1) is 16.6. The van der Waals surface area contributed by atoms with Crippen molar-refractivity contribution in [2.24, 2.45) is 0 Å². The molecule has 0 saturated heterocycles. The lowest BCUT2D eigenvalue weighted by atomic mass is 10.2. The molecule has 4 rings (SSSR count). The molecule has 0 aliphatic rings. The Kier molecular flexibility index (Phi) is 8.17. The number of halogens is 2. The third kappa shape index (κ3) is 6.59. The zero-order chi connectivity index (χ0) is 23.8. The zero-order valence-corrected chi connectivity index (χ0v) is 19.7. The quantitative estimate of drug-likeness (QED) is 0.296. The lowest BCUT2D eigenvalue weighted by Gasteiger charge is -2.11. The zero-order valence-electron chi connectivity index (χ0n) is 18.2. The van der Waals surface area contributed by atoms with E-state index < -0.39 is 0 Å². The standard InChI is InChI=1S/C25H22ClFN4O2S/c26-19-8-12-22(13-9-19)33-17-23-29-30-25(31(23)21-4-2-1-3-5-21)34-15-14-24(32)28-16-18-6-10-20(27)11-7-18/h1-13H,14-17H2,(H,28,32). The fraction of sp³-hybridized carbons (Fsp3) is 0.160. The normalized spacial score (nSPS) is 10.8. The van der Waals surface area contributed by atoms with Gasteiger partial charge in [-0.3, -0.25) is 9.36 Å². The second kappa shape index (κ2) is 11.7. The Morgan fingerprint density at radius 1 is 1.00 bits per heavy atom. The minimum absolute atomic E-state index is 0.0890. The van der Waals surface area contributed by atoms with Crippen LogP contribution in [0, 0.1) is 5.82 Å². The van der Waals surface area contributed by atoms with Crippen molar-refractivity contribution in [2.45, 2.75) is 24.7 Å². The van der Waals surface area contributed by atoms with Crippen molar-refractivity contribution in [3.05, 3.63) is 101 Å². The molecule has 1 aromatic heterocycles. The first-order valence-electron chi connectivity index (χ1n) is 10.6. The van der Waals surface area contributed by atoms with Gasteiger partial charge in [-0.15, -0.1) is 10.2 Å². The lowest BCUT2D eigenvalue weighted by molar-refractivity contribution is -0.120. The van der Waals surface area contributed by atoms with Crippen LogP contribution in [0.25, 0.3) is 5.69 Å². The lowest BCUT2D eigenvalue weighted by Crippen LogP contribution is -2.23. The number of hydrogen-bond donors (Lipinski definition) is 1. The largest absolute Gasteiger partial charge is 0.486 e. The summed E-state index contributed by atoms with van der Waals surface area (Å²) in [4.78, 5) is 12.2. The second-order valence-corrected chi connectivity index (χ2v) is 8.81. The van der Waals surface area contributed by atoms with E-state index >= 15 is 0 Å². The van der Waals surface area contributed by atoms with Gasteiger partial charge in [-0.1, -0.05) is 53.7 Å². The maximum atomic E-state index is 13.0. The average molecular weight is 497 g/mol. The molecule has 6 nitrogen and oxygen atoms in total. The Balaban J connectivity index is 1.37. The van der Waals surface area contributed by atoms with Crippen LogP contribution in [-0.4, -0.2) is 26.4 Å². The van der Waals surface area contributed by atoms with Gasteiger partial charge in [0.15, 0.2) is 11.0 Å². The highest BCUT2D eigenvalue weighted by Crippen LogP contribution is 2.24. The fourth-order valence-corrected chi connectivity index (χ4v) is 4.16. The number of nitrogens with zero attached hydrogens (tertiary/aromatic N) is 3. The van der Waals surface area contributed by atoms with Gasteiger partial charge in [0.1, 0.15) is 18.2 Å². The molecule has 0 aliphatic carbocycles. The highest BCUT2D eigenvalue weighted by atomic mass is 35.5. The summed E-state index contributed by atoms with van der Waals surface area (Å²) in [6.07, 6.45) is 0.310. The number of nitrogens with one attached hydrogen (secondary N) is 1. The molecule has 0 fully saturated rings. The molecule has 0 unspecified atom stereocenters. The number of aromatic nitrogens is 3. The highest BCUT2D eigenvalue weighted by molar-refractivity contribution is 7.99. The molecule has 1 heterocycles. The van der Waals surface area contributed by atoms with Crippen molar-refractivity contribution in [2.75, 3.05) is 5.75 Å². The van der Waals surface area contributed by atoms with Crippen LogP contribution in [0.4, 0.5) is 4.39 Å². The molecule has 0 bridgehead atoms. The van der Waals surface area contributed by atoms with E-state index in [1.165, 1.54) is 23.9 Å². The molecule has 0 saturated carbocycles. The number of ether oxygens (including phenoxy) is 1. The predicted molar refractivity (Wildman–Crippen MR) is 131 cm³/mol. The van der Waals surface area contributed by atoms with E-state index in [1.54, 1.807) is 36.4 Å². The molecule has 9 heteroatoms. The summed E-state index contributed by atoms with van der Waals surface area (Å²) in [6.45, 7) is 0.582. The predicted octanol–water partition coefficient (Wildman–Crippen LogP) is 5.44. The Hall–Kier alpha value is -3.36. The van der Waals surface area contributed by atoms with Gasteiger partial charge in [0.25, 0.3) is 0 Å². The number of rotatable bonds is 10. The molecular weight excluding hydrogens is 475 g/mol. The molecule has 1 N–H and O–H groups in total. The molecule has 0 atom stereocenters. The van der Waals surface area contributed by atoms with E-state index in [0.717, 1.165) is 11.3 Å². The van der Waals surface area contributed by atoms with E-state index in [0.29, 0.717) is 40.5 Å². The average Bonchev–Trinajstić information content (AvgIpc) is 3.26. The number of amides is 1. The molecular formula is C25H22ClFN4O2S. The number of carbonyl (C=O) groups is 1. The molecule has 0 spiro atoms. The van der Waals surface area contributed by atoms with Crippen LogP contribution in [0.5, 0.6) is 5.75 Å². The second-order valence-electron chi connectivity index (χ2n) is 7.31. The third-order valence-electron chi connectivity index (χ3n) is 4.86. The molecule has 1 amide bonds. The molecule has 3 aromatic carbocycles. The summed E-state index contributed by atoms with van der Waals surface area (Å²) in [6, 6.07) is 22.9. The maximum absolute atomic E-state index is 13.0. The molecule has 4 aromatic rings. The maximum Gasteiger partial charge on any atom is 0.221 e. The van der Waals surface area contributed by atoms with E-state index in [-0.39, 0.29) is 18.3 Å². The van der Waals surface area contributed by atoms with Gasteiger partial charge in [-0.05, 0) is 54.1 Å². The van der Waals surface area contributed by atoms with E-state index in [2.05, 4.69) is 15.5 Å². The number of para-hydroxylation sites is 1. The van der Waals surface area contributed by atoms with Crippen LogP contribution >= 0.6 is 23.4 Å². The van der Waals surface area contributed by atoms with Crippen molar-refractivity contribution >= 4 is 29.3 Å². The van der Waals surface area contributed by atoms with Crippen molar-refractivity contribution in [3.63, 3.8) is 0 Å². The molecule has 0 aliphatic heterocycles. The smallest absolute Gasteiger partial charge is 0.221 e. The van der Waals surface area contributed by atoms with Crippen LogP contribution in [0.3, 0.4) is 0 Å². The fourth-order valence-electron chi connectivity index (χ4n) is 3.13. The van der Waals surface area contributed by atoms with Crippen LogP contribution < -0.4 is 10.1 Å². The van der Waals surface area contributed by atoms with Crippen LogP contribution in [0.1, 0.15) is 17.8 Å². The highest BCUT2D eigenvalue weighted by Gasteiger charge is 2.15. The third-order valence-corrected chi connectivity index (χ3v) is 6.04. The summed E-state index contributed by atoms with van der Waals surface area (Å²) in [5.74, 6) is 1.46. The number of benzene rings is 3. The summed E-state index contributed by atoms with van der Waals surface area (Å²) in [5.41, 5.74) is 1.75. The summed E-state index contributed by atoms with van der Waals surface area (Å²) >= 11 is 7.38. The van der Waals surface area contributed by atoms with Gasteiger partial charge in [0, 0.05) is 29.4 Å². The Morgan fingerprint density at radius 3 is 2.47 bits per heavy atom. The summed E-state index contributed by atoms with van der Waals surface area (Å²) in [7, 11) is 0. The van der Waals surface area contributed by atoms with Crippen molar-refractivity contribution in [1.82, 2.24) is 20.1 Å². The number of thioether (sulfide) groups is 1. The Labute approximate surface area is 206 Å². The van der Waals surface area contributed by atoms with Crippen molar-refractivity contribution < 1.29 is 13.9 Å². The van der Waals surface area contributed by atoms with Gasteiger partial charge in [-0.25, -0.2) is 4.39 Å². The van der Waals surface area contributed by atoms with Crippen LogP contribution in [0.2, 0.25) is 5.02 Å². The van der Waals surface area contributed by atoms with Gasteiger partial charge < -0.3 is 10.1 Å². The van der Waals surface area contributed by atoms with E-state index in [9.17, 15) is 9.18 Å². The van der Waals surface area contributed by atoms with E-state index in [4.69, 9.17) is 16.3 Å². The minimum Gasteiger partial charge on any atom is -0.486 e. The topological polar surface area (TPSA) is 69.0 Å². The molecule has 0 radical (unpaired) electrons. The van der Waals surface area contributed by atoms with Gasteiger partial charge in [0.05, 0.1) is 0 Å². The van der Waals surface area contributed by atoms with E-state index in [1.807, 2.05) is 34.9 Å². The van der Waals surface area contributed by atoms with Crippen LogP contribution in [0.15, 0.2) is 84.0 Å². The minimum atomic E-state index is -0.299. The summed E-state index contributed by atoms with van der Waals surface area (Å²) in [5, 5.41) is 12.8. The Bertz CT molecular complexity index is 1220. The van der Waals surface area contributed by atoms with Gasteiger partial charge >= 0.3 is 0 Å². The monoisotopic (exact) mass is 496 g/mol. The number of hydrogen-bond acceptors (Lipinski definition) is 5. The van der Waals surface area contributed by atoms with Gasteiger partial charge in [0.2, 0.25) is 5.91 Å². The first kappa shape index (κ1) is 23.8. The molecule has 34 heavy (non-hydrogen) atoms.